The lowest BCUT2D eigenvalue weighted by molar-refractivity contribution is 1.15. The van der Waals surface area contributed by atoms with Gasteiger partial charge in [0.1, 0.15) is 6.07 Å². The molecule has 0 unspecified atom stereocenters. The van der Waals surface area contributed by atoms with E-state index in [2.05, 4.69) is 12.1 Å². The van der Waals surface area contributed by atoms with Gasteiger partial charge in [0.25, 0.3) is 0 Å². The van der Waals surface area contributed by atoms with Gasteiger partial charge in [0.2, 0.25) is 0 Å². The standard InChI is InChI=1S/C11H10N2S/c1-2-7-5-10-8(3-4-14-10)9(6-12)11(7)13/h3-5H,2,13H2,1H3. The monoisotopic (exact) mass is 202 g/mol. The molecule has 2 N–H and O–H groups in total. The van der Waals surface area contributed by atoms with E-state index < -0.39 is 0 Å². The first-order valence-electron chi connectivity index (χ1n) is 4.46. The first-order chi connectivity index (χ1) is 6.77. The zero-order valence-corrected chi connectivity index (χ0v) is 8.69. The molecule has 0 saturated heterocycles. The van der Waals surface area contributed by atoms with Crippen LogP contribution in [-0.2, 0) is 6.42 Å². The predicted octanol–water partition coefficient (Wildman–Crippen LogP) is 2.92. The smallest absolute Gasteiger partial charge is 0.102 e. The Hall–Kier alpha value is -1.53. The minimum Gasteiger partial charge on any atom is -0.397 e. The van der Waals surface area contributed by atoms with Crippen molar-refractivity contribution in [2.75, 3.05) is 5.73 Å². The van der Waals surface area contributed by atoms with Crippen molar-refractivity contribution >= 4 is 27.1 Å². The molecule has 2 rings (SSSR count). The van der Waals surface area contributed by atoms with Gasteiger partial charge in [0.05, 0.1) is 11.3 Å². The van der Waals surface area contributed by atoms with Gasteiger partial charge in [0, 0.05) is 10.1 Å². The van der Waals surface area contributed by atoms with Crippen LogP contribution in [0.2, 0.25) is 0 Å². The van der Waals surface area contributed by atoms with Gasteiger partial charge >= 0.3 is 0 Å². The van der Waals surface area contributed by atoms with Crippen LogP contribution in [0.1, 0.15) is 18.1 Å². The average molecular weight is 202 g/mol. The van der Waals surface area contributed by atoms with E-state index >= 15 is 0 Å². The highest BCUT2D eigenvalue weighted by molar-refractivity contribution is 7.17. The SMILES string of the molecule is CCc1cc2sccc2c(C#N)c1N. The Morgan fingerprint density at radius 2 is 2.36 bits per heavy atom. The zero-order valence-electron chi connectivity index (χ0n) is 7.87. The van der Waals surface area contributed by atoms with Crippen LogP contribution in [0, 0.1) is 11.3 Å². The average Bonchev–Trinajstić information content (AvgIpc) is 2.64. The topological polar surface area (TPSA) is 49.8 Å². The van der Waals surface area contributed by atoms with Gasteiger partial charge in [0.15, 0.2) is 0 Å². The fourth-order valence-electron chi connectivity index (χ4n) is 1.59. The normalized spacial score (nSPS) is 10.3. The van der Waals surface area contributed by atoms with Crippen LogP contribution in [0.3, 0.4) is 0 Å². The highest BCUT2D eigenvalue weighted by Gasteiger charge is 2.09. The summed E-state index contributed by atoms with van der Waals surface area (Å²) in [6, 6.07) is 6.21. The van der Waals surface area contributed by atoms with Crippen molar-refractivity contribution in [3.8, 4) is 6.07 Å². The van der Waals surface area contributed by atoms with Crippen molar-refractivity contribution in [1.29, 1.82) is 5.26 Å². The summed E-state index contributed by atoms with van der Waals surface area (Å²) in [6.45, 7) is 2.05. The van der Waals surface area contributed by atoms with Crippen molar-refractivity contribution in [1.82, 2.24) is 0 Å². The van der Waals surface area contributed by atoms with E-state index in [-0.39, 0.29) is 0 Å². The molecule has 1 aromatic carbocycles. The number of nitrogens with two attached hydrogens (primary N) is 1. The largest absolute Gasteiger partial charge is 0.397 e. The molecule has 0 aliphatic carbocycles. The Morgan fingerprint density at radius 1 is 1.57 bits per heavy atom. The summed E-state index contributed by atoms with van der Waals surface area (Å²) in [5.74, 6) is 0. The van der Waals surface area contributed by atoms with Crippen molar-refractivity contribution in [2.45, 2.75) is 13.3 Å². The Kier molecular flexibility index (Phi) is 2.14. The lowest BCUT2D eigenvalue weighted by atomic mass is 10.0. The van der Waals surface area contributed by atoms with E-state index in [0.717, 1.165) is 22.1 Å². The fraction of sp³-hybridized carbons (Fsp3) is 0.182. The van der Waals surface area contributed by atoms with E-state index in [1.807, 2.05) is 18.4 Å². The van der Waals surface area contributed by atoms with E-state index in [1.165, 1.54) is 0 Å². The minimum atomic E-state index is 0.626. The van der Waals surface area contributed by atoms with Crippen LogP contribution in [-0.4, -0.2) is 0 Å². The second-order valence-corrected chi connectivity index (χ2v) is 4.07. The number of anilines is 1. The molecule has 0 aliphatic heterocycles. The molecule has 1 aromatic heterocycles. The van der Waals surface area contributed by atoms with Crippen molar-refractivity contribution in [3.05, 3.63) is 28.6 Å². The highest BCUT2D eigenvalue weighted by atomic mass is 32.1. The lowest BCUT2D eigenvalue weighted by Crippen LogP contribution is -1.96. The summed E-state index contributed by atoms with van der Waals surface area (Å²) < 4.78 is 1.15. The number of hydrogen-bond acceptors (Lipinski definition) is 3. The van der Waals surface area contributed by atoms with Crippen molar-refractivity contribution < 1.29 is 0 Å². The molecule has 2 nitrogen and oxygen atoms in total. The van der Waals surface area contributed by atoms with Crippen LogP contribution < -0.4 is 5.73 Å². The molecule has 0 aliphatic rings. The minimum absolute atomic E-state index is 0.626. The summed E-state index contributed by atoms with van der Waals surface area (Å²) >= 11 is 1.65. The number of hydrogen-bond donors (Lipinski definition) is 1. The lowest BCUT2D eigenvalue weighted by Gasteiger charge is -2.05. The van der Waals surface area contributed by atoms with Gasteiger partial charge in [-0.1, -0.05) is 6.92 Å². The third-order valence-corrected chi connectivity index (χ3v) is 3.24. The predicted molar refractivity (Wildman–Crippen MR) is 60.3 cm³/mol. The third kappa shape index (κ3) is 1.16. The summed E-state index contributed by atoms with van der Waals surface area (Å²) in [5, 5.41) is 12.0. The van der Waals surface area contributed by atoms with Gasteiger partial charge in [-0.25, -0.2) is 0 Å². The zero-order chi connectivity index (χ0) is 10.1. The van der Waals surface area contributed by atoms with E-state index in [0.29, 0.717) is 11.3 Å². The van der Waals surface area contributed by atoms with E-state index in [4.69, 9.17) is 11.0 Å². The highest BCUT2D eigenvalue weighted by Crippen LogP contribution is 2.31. The molecular weight excluding hydrogens is 192 g/mol. The van der Waals surface area contributed by atoms with Crippen LogP contribution >= 0.6 is 11.3 Å². The number of fused-ring (bicyclic) bond motifs is 1. The van der Waals surface area contributed by atoms with Gasteiger partial charge in [-0.05, 0) is 29.5 Å². The maximum atomic E-state index is 9.03. The number of benzene rings is 1. The Balaban J connectivity index is 2.89. The molecule has 0 amide bonds. The van der Waals surface area contributed by atoms with Crippen LogP contribution in [0.5, 0.6) is 0 Å². The van der Waals surface area contributed by atoms with Crippen LogP contribution in [0.25, 0.3) is 10.1 Å². The molecule has 70 valence electrons. The van der Waals surface area contributed by atoms with Crippen LogP contribution in [0.4, 0.5) is 5.69 Å². The Morgan fingerprint density at radius 3 is 3.00 bits per heavy atom. The molecule has 1 heterocycles. The maximum Gasteiger partial charge on any atom is 0.102 e. The number of nitriles is 1. The number of thiophene rings is 1. The number of rotatable bonds is 1. The quantitative estimate of drug-likeness (QED) is 0.723. The number of nitrogens with zero attached hydrogens (tertiary/aromatic N) is 1. The Bertz CT molecular complexity index is 520. The van der Waals surface area contributed by atoms with Crippen molar-refractivity contribution in [2.24, 2.45) is 0 Å². The van der Waals surface area contributed by atoms with E-state index in [1.54, 1.807) is 11.3 Å². The van der Waals surface area contributed by atoms with E-state index in [9.17, 15) is 0 Å². The molecule has 2 aromatic rings. The summed E-state index contributed by atoms with van der Waals surface area (Å²) in [5.41, 5.74) is 8.24. The molecule has 0 saturated carbocycles. The molecule has 14 heavy (non-hydrogen) atoms. The van der Waals surface area contributed by atoms with Crippen LogP contribution in [0.15, 0.2) is 17.5 Å². The molecule has 0 atom stereocenters. The summed E-state index contributed by atoms with van der Waals surface area (Å²) in [6.07, 6.45) is 0.869. The Labute approximate surface area is 86.6 Å². The third-order valence-electron chi connectivity index (χ3n) is 2.38. The maximum absolute atomic E-state index is 9.03. The van der Waals surface area contributed by atoms with Gasteiger partial charge in [-0.3, -0.25) is 0 Å². The molecule has 0 spiro atoms. The van der Waals surface area contributed by atoms with Gasteiger partial charge in [-0.15, -0.1) is 11.3 Å². The summed E-state index contributed by atoms with van der Waals surface area (Å²) in [4.78, 5) is 0. The summed E-state index contributed by atoms with van der Waals surface area (Å²) in [7, 11) is 0. The molecular formula is C11H10N2S. The van der Waals surface area contributed by atoms with Gasteiger partial charge in [-0.2, -0.15) is 5.26 Å². The molecule has 0 radical (unpaired) electrons. The molecule has 0 bridgehead atoms. The number of aryl methyl sites for hydroxylation is 1. The molecule has 0 fully saturated rings. The molecule has 3 heteroatoms. The van der Waals surface area contributed by atoms with Gasteiger partial charge < -0.3 is 5.73 Å². The first kappa shape index (κ1) is 9.04. The number of nitrogen functional groups attached to an aromatic ring is 1. The first-order valence-corrected chi connectivity index (χ1v) is 5.34. The second-order valence-electron chi connectivity index (χ2n) is 3.12. The fourth-order valence-corrected chi connectivity index (χ4v) is 2.45. The van der Waals surface area contributed by atoms with Crippen molar-refractivity contribution in [3.63, 3.8) is 0 Å². The second kappa shape index (κ2) is 3.32.